The molecule has 6 aromatic carbocycles. The summed E-state index contributed by atoms with van der Waals surface area (Å²) in [4.78, 5) is 48.3. The van der Waals surface area contributed by atoms with Crippen molar-refractivity contribution in [3.63, 3.8) is 0 Å². The van der Waals surface area contributed by atoms with Gasteiger partial charge in [-0.05, 0) is 163 Å². The summed E-state index contributed by atoms with van der Waals surface area (Å²) in [7, 11) is -0.406. The molecule has 0 amide bonds. The quantitative estimate of drug-likeness (QED) is 0.0464. The molecule has 0 fully saturated rings. The van der Waals surface area contributed by atoms with Crippen LogP contribution >= 0.6 is 15.9 Å². The maximum atomic E-state index is 12.5. The molecule has 3 heterocycles. The molecular formula is C65H78BrK2N3O7Si. The van der Waals surface area contributed by atoms with Gasteiger partial charge in [-0.3, -0.25) is 19.2 Å². The summed E-state index contributed by atoms with van der Waals surface area (Å²) >= 11 is 3.50. The summed E-state index contributed by atoms with van der Waals surface area (Å²) in [6.07, 6.45) is 8.54. The molecule has 0 aromatic heterocycles. The number of hydrogen-bond donors (Lipinski definition) is 4. The van der Waals surface area contributed by atoms with Crippen molar-refractivity contribution in [3.8, 4) is 23.8 Å². The molecule has 10 nitrogen and oxygen atoms in total. The summed E-state index contributed by atoms with van der Waals surface area (Å²) in [6.45, 7) is 19.2. The molecular weight excluding hydrogens is 1120 g/mol. The molecule has 0 bridgehead atoms. The minimum Gasteiger partial charge on any atom is -1.00 e. The number of anilines is 3. The molecule has 3 aliphatic rings. The van der Waals surface area contributed by atoms with Gasteiger partial charge >= 0.3 is 103 Å². The fraction of sp³-hybridized carbons (Fsp3) is 0.323. The number of aryl methyl sites for hydroxylation is 6. The summed E-state index contributed by atoms with van der Waals surface area (Å²) in [5.74, 6) is 6.80. The van der Waals surface area contributed by atoms with Crippen molar-refractivity contribution in [2.75, 3.05) is 23.1 Å². The summed E-state index contributed by atoms with van der Waals surface area (Å²) in [6, 6.07) is 37.2. The predicted octanol–water partition coefficient (Wildman–Crippen LogP) is 7.32. The Labute approximate surface area is 567 Å². The molecule has 0 saturated heterocycles. The molecule has 0 spiro atoms. The van der Waals surface area contributed by atoms with Crippen LogP contribution in [0.15, 0.2) is 114 Å². The molecule has 14 heteroatoms. The molecule has 0 saturated carbocycles. The summed E-state index contributed by atoms with van der Waals surface area (Å²) in [5.41, 5.74) is 22.6. The van der Waals surface area contributed by atoms with Gasteiger partial charge in [-0.1, -0.05) is 117 Å². The predicted molar refractivity (Wildman–Crippen MR) is 322 cm³/mol. The van der Waals surface area contributed by atoms with Gasteiger partial charge in [-0.2, -0.15) is 0 Å². The maximum Gasteiger partial charge on any atom is 1.00 e. The van der Waals surface area contributed by atoms with Crippen LogP contribution in [0.25, 0.3) is 0 Å². The average molecular weight is 1200 g/mol. The van der Waals surface area contributed by atoms with Crippen LogP contribution in [0.3, 0.4) is 0 Å². The first-order valence-electron chi connectivity index (χ1n) is 25.0. The third-order valence-electron chi connectivity index (χ3n) is 13.2. The van der Waals surface area contributed by atoms with E-state index >= 15 is 0 Å². The summed E-state index contributed by atoms with van der Waals surface area (Å²) in [5, 5.41) is 26.1. The molecule has 0 aliphatic carbocycles. The van der Waals surface area contributed by atoms with Crippen LogP contribution in [0.5, 0.6) is 0 Å². The zero-order chi connectivity index (χ0) is 55.0. The minimum absolute atomic E-state index is 0. The van der Waals surface area contributed by atoms with Gasteiger partial charge in [-0.25, -0.2) is 0 Å². The molecule has 0 radical (unpaired) electrons. The Hall–Kier alpha value is -3.79. The number of fused-ring (bicyclic) bond motifs is 3. The van der Waals surface area contributed by atoms with Crippen LogP contribution in [0.2, 0.25) is 19.6 Å². The fourth-order valence-corrected chi connectivity index (χ4v) is 9.92. The molecule has 3 unspecified atom stereocenters. The Morgan fingerprint density at radius 2 is 0.899 bits per heavy atom. The van der Waals surface area contributed by atoms with Crippen LogP contribution in [-0.4, -0.2) is 44.1 Å². The van der Waals surface area contributed by atoms with Gasteiger partial charge in [0.05, 0.1) is 18.1 Å². The van der Waals surface area contributed by atoms with Crippen molar-refractivity contribution in [3.05, 3.63) is 192 Å². The van der Waals surface area contributed by atoms with E-state index in [1.165, 1.54) is 33.4 Å². The molecule has 9 rings (SSSR count). The van der Waals surface area contributed by atoms with Crippen molar-refractivity contribution in [1.29, 1.82) is 0 Å². The maximum absolute atomic E-state index is 12.5. The summed E-state index contributed by atoms with van der Waals surface area (Å²) < 4.78 is 1.04. The molecule has 3 aliphatic heterocycles. The Morgan fingerprint density at radius 3 is 1.23 bits per heavy atom. The van der Waals surface area contributed by atoms with Crippen molar-refractivity contribution < 1.29 is 139 Å². The number of aliphatic hydroxyl groups excluding tert-OH is 1. The van der Waals surface area contributed by atoms with Gasteiger partial charge in [0.1, 0.15) is 25.4 Å². The van der Waals surface area contributed by atoms with E-state index in [9.17, 15) is 14.4 Å². The van der Waals surface area contributed by atoms with Crippen LogP contribution in [0.1, 0.15) is 132 Å². The normalized spacial score (nSPS) is 15.4. The van der Waals surface area contributed by atoms with Crippen LogP contribution in [-0.2, 0) is 43.3 Å². The second kappa shape index (κ2) is 35.3. The van der Waals surface area contributed by atoms with Gasteiger partial charge < -0.3 is 32.6 Å². The minimum atomic E-state index is -1.41. The van der Waals surface area contributed by atoms with E-state index in [-0.39, 0.29) is 161 Å². The smallest absolute Gasteiger partial charge is 1.00 e. The molecule has 4 N–H and O–H groups in total. The first kappa shape index (κ1) is 73.2. The van der Waals surface area contributed by atoms with Crippen LogP contribution < -0.4 is 124 Å². The standard InChI is InChI=1S/C23H27NOSi.C20H19NO.C18H18BrNO.CH2O3.CH4O.2CH4.2K.H/c1-16-11-20-14-21(25)15-23(24-22(20)12-17(16)2)19-8-6-7-18(13-19)9-10-26(3,4)5;1-4-15-6-5-7-16(10-15)20-12-18(22)11-17-8-13(2)14(3)9-19(17)21-20;1-11-6-14-9-16(21)10-18(20-17(14)7-12(11)2)13-4-3-5-15(19)8-13;2-1-4-3;1-2;;;;;/h6-8,11-13,23-24H,14-15H2,1-5H3;1,5-10,20-21H,11-12H2,2-3H3;3-8,18,20H,9-10H2,1-2H3;1,3H;2H,1H3;2*1H4;;;/q;;;;;;;2*+1;-1/p-1. The van der Waals surface area contributed by atoms with Gasteiger partial charge in [-0.15, -0.1) is 12.0 Å². The molecule has 6 aromatic rings. The van der Waals surface area contributed by atoms with Gasteiger partial charge in [0.25, 0.3) is 6.47 Å². The van der Waals surface area contributed by atoms with Crippen molar-refractivity contribution in [1.82, 2.24) is 0 Å². The number of rotatable bonds is 4. The SMILES string of the molecule is C.C.C#Cc1cccc(C2CC(=O)Cc3cc(C)c(C)cc3N2)c1.CO.Cc1cc2c(cc1C)NC(c1cccc(Br)c1)CC(=O)C2.Cc1cc2c(cc1C)NC(c1cccc(C#C[Si](C)(C)C)c1)CC(=O)C2.O=CO[O-].[H-].[K+].[K+]. The fourth-order valence-electron chi connectivity index (χ4n) is 8.99. The molecule has 408 valence electrons. The first-order chi connectivity index (χ1) is 35.7. The number of terminal acetylenes is 1. The first-order valence-corrected chi connectivity index (χ1v) is 29.3. The largest absolute Gasteiger partial charge is 1.00 e. The van der Waals surface area contributed by atoms with Crippen LogP contribution in [0.4, 0.5) is 17.1 Å². The van der Waals surface area contributed by atoms with Crippen molar-refractivity contribution >= 4 is 64.9 Å². The number of carbonyl (C=O) groups is 4. The van der Waals surface area contributed by atoms with E-state index in [2.05, 4.69) is 182 Å². The van der Waals surface area contributed by atoms with E-state index in [1.807, 2.05) is 42.5 Å². The Balaban J connectivity index is 0.00000109. The number of hydrogen-bond acceptors (Lipinski definition) is 10. The average Bonchev–Trinajstić information content (AvgIpc) is 3.73. The number of Topliss-reactive ketones (excluding diaryl/α,β-unsaturated/α-hetero) is 3. The number of carbonyl (C=O) groups excluding carboxylic acids is 4. The second-order valence-corrected chi connectivity index (χ2v) is 25.9. The third-order valence-corrected chi connectivity index (χ3v) is 14.6. The monoisotopic (exact) mass is 1200 g/mol. The van der Waals surface area contributed by atoms with Crippen molar-refractivity contribution in [2.45, 2.75) is 133 Å². The van der Waals surface area contributed by atoms with E-state index < -0.39 is 8.07 Å². The van der Waals surface area contributed by atoms with Gasteiger partial charge in [0.15, 0.2) is 0 Å². The Morgan fingerprint density at radius 1 is 0.582 bits per heavy atom. The van der Waals surface area contributed by atoms with E-state index in [1.54, 1.807) is 0 Å². The number of nitrogens with one attached hydrogen (secondary N) is 3. The number of benzene rings is 6. The van der Waals surface area contributed by atoms with Gasteiger partial charge in [0.2, 0.25) is 0 Å². The van der Waals surface area contributed by atoms with E-state index in [0.29, 0.717) is 38.5 Å². The van der Waals surface area contributed by atoms with E-state index in [4.69, 9.17) is 21.6 Å². The second-order valence-electron chi connectivity index (χ2n) is 20.3. The van der Waals surface area contributed by atoms with Gasteiger partial charge in [0, 0.05) is 78.3 Å². The van der Waals surface area contributed by atoms with Crippen molar-refractivity contribution in [2.24, 2.45) is 0 Å². The third kappa shape index (κ3) is 22.5. The number of ketones is 3. The van der Waals surface area contributed by atoms with Crippen LogP contribution in [0, 0.1) is 65.4 Å². The number of halogens is 1. The Bertz CT molecular complexity index is 3160. The Kier molecular flexibility index (Phi) is 32.7. The molecule has 79 heavy (non-hydrogen) atoms. The molecule has 3 atom stereocenters. The zero-order valence-electron chi connectivity index (χ0n) is 47.8. The van der Waals surface area contributed by atoms with E-state index in [0.717, 1.165) is 73.2 Å². The topological polar surface area (TPSA) is 157 Å². The zero-order valence-corrected chi connectivity index (χ0v) is 55.6. The number of aliphatic hydroxyl groups is 1.